The van der Waals surface area contributed by atoms with E-state index in [0.717, 1.165) is 33.7 Å². The predicted octanol–water partition coefficient (Wildman–Crippen LogP) is 3.18. The summed E-state index contributed by atoms with van der Waals surface area (Å²) in [7, 11) is 1.78. The van der Waals surface area contributed by atoms with Crippen LogP contribution in [0.5, 0.6) is 0 Å². The van der Waals surface area contributed by atoms with Gasteiger partial charge in [-0.3, -0.25) is 9.79 Å². The number of carbonyl (C=O) groups excluding carboxylic acids is 1. The lowest BCUT2D eigenvalue weighted by Gasteiger charge is -2.19. The Morgan fingerprint density at radius 1 is 1.17 bits per heavy atom. The van der Waals surface area contributed by atoms with Crippen molar-refractivity contribution in [2.45, 2.75) is 19.9 Å². The number of aliphatic imine (C=N–C) groups is 1. The topological polar surface area (TPSA) is 32.7 Å². The van der Waals surface area contributed by atoms with Crippen LogP contribution in [0.25, 0.3) is 0 Å². The Morgan fingerprint density at radius 2 is 1.91 bits per heavy atom. The summed E-state index contributed by atoms with van der Waals surface area (Å²) in [5.74, 6) is 2.64. The molecule has 0 spiro atoms. The maximum atomic E-state index is 12.5. The Bertz CT molecular complexity index is 858. The number of amides is 1. The minimum atomic E-state index is -0.434. The Kier molecular flexibility index (Phi) is 3.75. The van der Waals surface area contributed by atoms with Crippen molar-refractivity contribution in [3.05, 3.63) is 64.7 Å². The third kappa shape index (κ3) is 2.53. The molecule has 0 fully saturated rings. The van der Waals surface area contributed by atoms with E-state index in [1.54, 1.807) is 11.9 Å². The number of hydrogen-bond donors (Lipinski definition) is 0. The van der Waals surface area contributed by atoms with E-state index in [1.165, 1.54) is 0 Å². The molecular formula is C20H18N2O. The summed E-state index contributed by atoms with van der Waals surface area (Å²) in [4.78, 5) is 18.9. The van der Waals surface area contributed by atoms with Crippen LogP contribution in [0.4, 0.5) is 5.69 Å². The van der Waals surface area contributed by atoms with Gasteiger partial charge < -0.3 is 4.90 Å². The molecule has 3 rings (SSSR count). The van der Waals surface area contributed by atoms with E-state index in [-0.39, 0.29) is 5.91 Å². The molecule has 1 amide bonds. The number of fused-ring (bicyclic) bond motifs is 1. The molecule has 3 heteroatoms. The van der Waals surface area contributed by atoms with Crippen LogP contribution < -0.4 is 4.90 Å². The predicted molar refractivity (Wildman–Crippen MR) is 94.1 cm³/mol. The molecule has 1 heterocycles. The van der Waals surface area contributed by atoms with Gasteiger partial charge in [-0.1, -0.05) is 30.2 Å². The molecule has 0 aromatic heterocycles. The van der Waals surface area contributed by atoms with Crippen molar-refractivity contribution in [2.24, 2.45) is 4.99 Å². The number of rotatable bonds is 1. The molecule has 0 saturated heterocycles. The average Bonchev–Trinajstić information content (AvgIpc) is 2.66. The van der Waals surface area contributed by atoms with Gasteiger partial charge in [-0.15, -0.1) is 6.42 Å². The van der Waals surface area contributed by atoms with Gasteiger partial charge in [-0.25, -0.2) is 0 Å². The number of benzene rings is 2. The van der Waals surface area contributed by atoms with Gasteiger partial charge in [0.05, 0.1) is 11.4 Å². The third-order valence-electron chi connectivity index (χ3n) is 4.19. The molecule has 1 aliphatic heterocycles. The van der Waals surface area contributed by atoms with Gasteiger partial charge in [0.1, 0.15) is 6.04 Å². The molecule has 1 aliphatic rings. The Morgan fingerprint density at radius 3 is 2.61 bits per heavy atom. The van der Waals surface area contributed by atoms with E-state index in [2.05, 4.69) is 5.92 Å². The zero-order valence-electron chi connectivity index (χ0n) is 13.5. The second-order valence-electron chi connectivity index (χ2n) is 5.74. The number of nitrogens with zero attached hydrogens (tertiary/aromatic N) is 2. The van der Waals surface area contributed by atoms with Crippen LogP contribution in [0, 0.1) is 19.3 Å². The van der Waals surface area contributed by atoms with Crippen LogP contribution in [0.15, 0.2) is 47.5 Å². The minimum Gasteiger partial charge on any atom is -0.313 e. The summed E-state index contributed by atoms with van der Waals surface area (Å²) in [5, 5.41) is 0. The van der Waals surface area contributed by atoms with E-state index >= 15 is 0 Å². The molecule has 2 aromatic rings. The molecular weight excluding hydrogens is 284 g/mol. The number of hydrogen-bond acceptors (Lipinski definition) is 2. The van der Waals surface area contributed by atoms with Gasteiger partial charge in [-0.05, 0) is 37.6 Å². The summed E-state index contributed by atoms with van der Waals surface area (Å²) in [6, 6.07) is 13.3. The normalized spacial score (nSPS) is 17.1. The van der Waals surface area contributed by atoms with Crippen molar-refractivity contribution in [2.75, 3.05) is 11.9 Å². The van der Waals surface area contributed by atoms with E-state index in [9.17, 15) is 4.79 Å². The first-order valence-electron chi connectivity index (χ1n) is 7.55. The highest BCUT2D eigenvalue weighted by molar-refractivity contribution is 6.20. The fourth-order valence-electron chi connectivity index (χ4n) is 2.88. The molecule has 0 radical (unpaired) electrons. The first kappa shape index (κ1) is 15.1. The highest BCUT2D eigenvalue weighted by Crippen LogP contribution is 2.29. The molecule has 0 N–H and O–H groups in total. The highest BCUT2D eigenvalue weighted by atomic mass is 16.2. The lowest BCUT2D eigenvalue weighted by molar-refractivity contribution is -0.119. The Hall–Kier alpha value is -2.86. The van der Waals surface area contributed by atoms with Gasteiger partial charge in [0.2, 0.25) is 0 Å². The van der Waals surface area contributed by atoms with Crippen LogP contribution in [0.2, 0.25) is 0 Å². The SMILES string of the molecule is C#Cc1ccc2c(c1)C(c1ccccc1C)=NC(C)C(=O)N2C. The second-order valence-corrected chi connectivity index (χ2v) is 5.74. The molecule has 1 unspecified atom stereocenters. The molecule has 3 nitrogen and oxygen atoms in total. The monoisotopic (exact) mass is 302 g/mol. The van der Waals surface area contributed by atoms with Crippen molar-refractivity contribution in [3.63, 3.8) is 0 Å². The third-order valence-corrected chi connectivity index (χ3v) is 4.19. The fraction of sp³-hybridized carbons (Fsp3) is 0.200. The Balaban J connectivity index is 2.32. The zero-order chi connectivity index (χ0) is 16.6. The number of likely N-dealkylation sites (N-methyl/N-ethyl adjacent to an activating group) is 1. The smallest absolute Gasteiger partial charge is 0.251 e. The van der Waals surface area contributed by atoms with Crippen LogP contribution in [-0.4, -0.2) is 24.7 Å². The first-order chi connectivity index (χ1) is 11.0. The maximum Gasteiger partial charge on any atom is 0.251 e. The van der Waals surface area contributed by atoms with Gasteiger partial charge >= 0.3 is 0 Å². The maximum absolute atomic E-state index is 12.5. The van der Waals surface area contributed by atoms with E-state index in [1.807, 2.05) is 56.3 Å². The molecule has 0 saturated carbocycles. The Labute approximate surface area is 136 Å². The molecule has 23 heavy (non-hydrogen) atoms. The van der Waals surface area contributed by atoms with Crippen molar-refractivity contribution >= 4 is 17.3 Å². The summed E-state index contributed by atoms with van der Waals surface area (Å²) in [5.41, 5.74) is 5.47. The van der Waals surface area contributed by atoms with Gasteiger partial charge in [-0.2, -0.15) is 0 Å². The fourth-order valence-corrected chi connectivity index (χ4v) is 2.88. The zero-order valence-corrected chi connectivity index (χ0v) is 13.5. The van der Waals surface area contributed by atoms with Crippen LogP contribution in [0.3, 0.4) is 0 Å². The van der Waals surface area contributed by atoms with Crippen LogP contribution >= 0.6 is 0 Å². The largest absolute Gasteiger partial charge is 0.313 e. The lowest BCUT2D eigenvalue weighted by Crippen LogP contribution is -2.32. The van der Waals surface area contributed by atoms with Crippen molar-refractivity contribution in [3.8, 4) is 12.3 Å². The summed E-state index contributed by atoms with van der Waals surface area (Å²) in [6.45, 7) is 3.87. The summed E-state index contributed by atoms with van der Waals surface area (Å²) < 4.78 is 0. The van der Waals surface area contributed by atoms with E-state index in [0.29, 0.717) is 0 Å². The average molecular weight is 302 g/mol. The number of anilines is 1. The number of benzodiazepines with no additional fused rings is 1. The number of carbonyl (C=O) groups is 1. The standard InChI is InChI=1S/C20H18N2O/c1-5-15-10-11-18-17(12-15)19(16-9-7-6-8-13(16)2)21-14(3)20(23)22(18)4/h1,6-12,14H,2-4H3. The molecule has 1 atom stereocenters. The lowest BCUT2D eigenvalue weighted by atomic mass is 9.95. The number of terminal acetylenes is 1. The van der Waals surface area contributed by atoms with E-state index < -0.39 is 6.04 Å². The van der Waals surface area contributed by atoms with E-state index in [4.69, 9.17) is 11.4 Å². The quantitative estimate of drug-likeness (QED) is 0.745. The van der Waals surface area contributed by atoms with Crippen LogP contribution in [-0.2, 0) is 4.79 Å². The van der Waals surface area contributed by atoms with Crippen molar-refractivity contribution in [1.29, 1.82) is 0 Å². The van der Waals surface area contributed by atoms with Crippen molar-refractivity contribution < 1.29 is 4.79 Å². The summed E-state index contributed by atoms with van der Waals surface area (Å²) in [6.07, 6.45) is 5.55. The molecule has 0 bridgehead atoms. The highest BCUT2D eigenvalue weighted by Gasteiger charge is 2.27. The number of aryl methyl sites for hydroxylation is 1. The molecule has 114 valence electrons. The first-order valence-corrected chi connectivity index (χ1v) is 7.55. The molecule has 0 aliphatic carbocycles. The minimum absolute atomic E-state index is 0.0247. The molecule has 2 aromatic carbocycles. The van der Waals surface area contributed by atoms with Crippen molar-refractivity contribution in [1.82, 2.24) is 0 Å². The van der Waals surface area contributed by atoms with Gasteiger partial charge in [0.15, 0.2) is 0 Å². The van der Waals surface area contributed by atoms with Gasteiger partial charge in [0, 0.05) is 23.7 Å². The van der Waals surface area contributed by atoms with Gasteiger partial charge in [0.25, 0.3) is 5.91 Å². The second kappa shape index (κ2) is 5.73. The summed E-state index contributed by atoms with van der Waals surface area (Å²) >= 11 is 0. The van der Waals surface area contributed by atoms with Crippen LogP contribution in [0.1, 0.15) is 29.2 Å².